The monoisotopic (exact) mass is 164 g/mol. The molecule has 0 saturated heterocycles. The maximum atomic E-state index is 2.37. The van der Waals surface area contributed by atoms with E-state index in [0.29, 0.717) is 0 Å². The molecule has 0 heterocycles. The molecule has 0 aromatic heterocycles. The summed E-state index contributed by atoms with van der Waals surface area (Å²) in [4.78, 5) is 0. The van der Waals surface area contributed by atoms with Gasteiger partial charge in [-0.05, 0) is 32.1 Å². The Bertz CT molecular complexity index is 163. The predicted octanol–water partition coefficient (Wildman–Crippen LogP) is 4.23. The third-order valence-corrected chi connectivity index (χ3v) is 2.38. The Morgan fingerprint density at radius 1 is 1.42 bits per heavy atom. The molecule has 0 fully saturated rings. The van der Waals surface area contributed by atoms with Crippen LogP contribution in [0.5, 0.6) is 0 Å². The van der Waals surface area contributed by atoms with Gasteiger partial charge in [-0.1, -0.05) is 43.6 Å². The van der Waals surface area contributed by atoms with Crippen molar-refractivity contribution < 1.29 is 0 Å². The van der Waals surface area contributed by atoms with Gasteiger partial charge in [0.25, 0.3) is 0 Å². The van der Waals surface area contributed by atoms with Gasteiger partial charge in [-0.15, -0.1) is 0 Å². The molecule has 0 spiro atoms. The van der Waals surface area contributed by atoms with Crippen molar-refractivity contribution in [1.82, 2.24) is 0 Å². The molecule has 0 bridgehead atoms. The van der Waals surface area contributed by atoms with Crippen LogP contribution in [-0.4, -0.2) is 0 Å². The highest BCUT2D eigenvalue weighted by molar-refractivity contribution is 5.21. The number of hydrogen-bond acceptors (Lipinski definition) is 0. The average Bonchev–Trinajstić information content (AvgIpc) is 2.57. The first kappa shape index (κ1) is 9.57. The molecule has 0 amide bonds. The Hall–Kier alpha value is -0.520. The quantitative estimate of drug-likeness (QED) is 0.533. The maximum Gasteiger partial charge on any atom is -0.0279 e. The maximum absolute atomic E-state index is 2.37. The Morgan fingerprint density at radius 3 is 3.00 bits per heavy atom. The van der Waals surface area contributed by atoms with Gasteiger partial charge < -0.3 is 0 Å². The molecule has 0 saturated carbocycles. The highest BCUT2D eigenvalue weighted by atomic mass is 14.0. The average molecular weight is 164 g/mol. The molecule has 1 aliphatic rings. The van der Waals surface area contributed by atoms with Crippen molar-refractivity contribution in [3.8, 4) is 0 Å². The molecule has 0 heteroatoms. The largest absolute Gasteiger partial charge is 0.0843 e. The highest BCUT2D eigenvalue weighted by Crippen LogP contribution is 2.18. The van der Waals surface area contributed by atoms with Crippen LogP contribution < -0.4 is 0 Å². The Kier molecular flexibility index (Phi) is 4.82. The van der Waals surface area contributed by atoms with E-state index in [0.717, 1.165) is 0 Å². The van der Waals surface area contributed by atoms with Gasteiger partial charge in [0.2, 0.25) is 0 Å². The minimum absolute atomic E-state index is 1.27. The van der Waals surface area contributed by atoms with Gasteiger partial charge in [0.15, 0.2) is 0 Å². The van der Waals surface area contributed by atoms with Crippen LogP contribution >= 0.6 is 0 Å². The summed E-state index contributed by atoms with van der Waals surface area (Å²) in [5.74, 6) is 0. The zero-order valence-electron chi connectivity index (χ0n) is 8.18. The summed E-state index contributed by atoms with van der Waals surface area (Å²) in [6.07, 6.45) is 16.4. The van der Waals surface area contributed by atoms with Crippen LogP contribution in [0.15, 0.2) is 23.8 Å². The summed E-state index contributed by atoms with van der Waals surface area (Å²) >= 11 is 0. The van der Waals surface area contributed by atoms with E-state index in [1.807, 2.05) is 0 Å². The Morgan fingerprint density at radius 2 is 2.33 bits per heavy atom. The fourth-order valence-corrected chi connectivity index (χ4v) is 1.59. The summed E-state index contributed by atoms with van der Waals surface area (Å²) < 4.78 is 0. The van der Waals surface area contributed by atoms with Crippen molar-refractivity contribution in [2.75, 3.05) is 0 Å². The van der Waals surface area contributed by atoms with E-state index < -0.39 is 0 Å². The van der Waals surface area contributed by atoms with E-state index in [2.05, 4.69) is 25.2 Å². The first-order valence-corrected chi connectivity index (χ1v) is 5.29. The molecule has 1 rings (SSSR count). The zero-order valence-corrected chi connectivity index (χ0v) is 8.18. The van der Waals surface area contributed by atoms with Crippen molar-refractivity contribution in [2.45, 2.75) is 51.9 Å². The topological polar surface area (TPSA) is 0 Å². The van der Waals surface area contributed by atoms with Gasteiger partial charge in [0.05, 0.1) is 0 Å². The molecule has 0 aromatic rings. The van der Waals surface area contributed by atoms with E-state index in [4.69, 9.17) is 0 Å². The number of rotatable bonds is 5. The fraction of sp³-hybridized carbons (Fsp3) is 0.667. The number of hydrogen-bond donors (Lipinski definition) is 0. The molecule has 1 aliphatic carbocycles. The minimum atomic E-state index is 1.27. The molecule has 0 atom stereocenters. The van der Waals surface area contributed by atoms with E-state index in [9.17, 15) is 0 Å². The van der Waals surface area contributed by atoms with Gasteiger partial charge >= 0.3 is 0 Å². The first-order valence-electron chi connectivity index (χ1n) is 5.29. The minimum Gasteiger partial charge on any atom is -0.0843 e. The fourth-order valence-electron chi connectivity index (χ4n) is 1.59. The van der Waals surface area contributed by atoms with Gasteiger partial charge in [0, 0.05) is 0 Å². The lowest BCUT2D eigenvalue weighted by atomic mass is 10.1. The molecule has 0 aromatic carbocycles. The second-order valence-corrected chi connectivity index (χ2v) is 3.57. The molecule has 68 valence electrons. The van der Waals surface area contributed by atoms with Gasteiger partial charge in [-0.3, -0.25) is 0 Å². The van der Waals surface area contributed by atoms with Crippen molar-refractivity contribution in [3.05, 3.63) is 23.8 Å². The van der Waals surface area contributed by atoms with Crippen LogP contribution in [0.4, 0.5) is 0 Å². The third kappa shape index (κ3) is 3.75. The van der Waals surface area contributed by atoms with Crippen LogP contribution in [0.2, 0.25) is 0 Å². The lowest BCUT2D eigenvalue weighted by molar-refractivity contribution is 0.729. The SMILES string of the molecule is CCCCCC=CC1=CCCC1. The Balaban J connectivity index is 2.05. The standard InChI is InChI=1S/C12H20/c1-2-3-4-5-6-9-12-10-7-8-11-12/h6,9-10H,2-5,7-8,11H2,1H3. The molecule has 12 heavy (non-hydrogen) atoms. The molecule has 0 N–H and O–H groups in total. The molecule has 0 radical (unpaired) electrons. The van der Waals surface area contributed by atoms with Crippen LogP contribution in [0.1, 0.15) is 51.9 Å². The molecule has 0 unspecified atom stereocenters. The van der Waals surface area contributed by atoms with E-state index in [-0.39, 0.29) is 0 Å². The van der Waals surface area contributed by atoms with Gasteiger partial charge in [0.1, 0.15) is 0 Å². The number of allylic oxidation sites excluding steroid dienone is 4. The normalized spacial score (nSPS) is 17.2. The lowest BCUT2D eigenvalue weighted by Gasteiger charge is -1.93. The molecular formula is C12H20. The van der Waals surface area contributed by atoms with Gasteiger partial charge in [-0.25, -0.2) is 0 Å². The molecule has 0 aliphatic heterocycles. The van der Waals surface area contributed by atoms with Crippen LogP contribution in [0.3, 0.4) is 0 Å². The highest BCUT2D eigenvalue weighted by Gasteiger charge is 1.98. The summed E-state index contributed by atoms with van der Waals surface area (Å²) in [6, 6.07) is 0. The zero-order chi connectivity index (χ0) is 8.65. The van der Waals surface area contributed by atoms with Gasteiger partial charge in [-0.2, -0.15) is 0 Å². The number of unbranched alkanes of at least 4 members (excludes halogenated alkanes) is 3. The van der Waals surface area contributed by atoms with Crippen LogP contribution in [0, 0.1) is 0 Å². The molecular weight excluding hydrogens is 144 g/mol. The first-order chi connectivity index (χ1) is 5.93. The predicted molar refractivity (Wildman–Crippen MR) is 55.2 cm³/mol. The van der Waals surface area contributed by atoms with Crippen LogP contribution in [0.25, 0.3) is 0 Å². The van der Waals surface area contributed by atoms with Crippen molar-refractivity contribution in [3.63, 3.8) is 0 Å². The third-order valence-electron chi connectivity index (χ3n) is 2.38. The summed E-state index contributed by atoms with van der Waals surface area (Å²) in [5, 5.41) is 0. The summed E-state index contributed by atoms with van der Waals surface area (Å²) in [7, 11) is 0. The summed E-state index contributed by atoms with van der Waals surface area (Å²) in [6.45, 7) is 2.25. The smallest absolute Gasteiger partial charge is 0.0279 e. The van der Waals surface area contributed by atoms with E-state index >= 15 is 0 Å². The lowest BCUT2D eigenvalue weighted by Crippen LogP contribution is -1.72. The van der Waals surface area contributed by atoms with Crippen molar-refractivity contribution in [1.29, 1.82) is 0 Å². The Labute approximate surface area is 76.4 Å². The van der Waals surface area contributed by atoms with Crippen molar-refractivity contribution in [2.24, 2.45) is 0 Å². The van der Waals surface area contributed by atoms with E-state index in [1.165, 1.54) is 44.9 Å². The second-order valence-electron chi connectivity index (χ2n) is 3.57. The second kappa shape index (κ2) is 6.05. The summed E-state index contributed by atoms with van der Waals surface area (Å²) in [5.41, 5.74) is 1.56. The van der Waals surface area contributed by atoms with Crippen LogP contribution in [-0.2, 0) is 0 Å². The van der Waals surface area contributed by atoms with E-state index in [1.54, 1.807) is 5.57 Å². The molecule has 0 nitrogen and oxygen atoms in total. The van der Waals surface area contributed by atoms with Crippen molar-refractivity contribution >= 4 is 0 Å².